The Labute approximate surface area is 245 Å². The van der Waals surface area contributed by atoms with Crippen molar-refractivity contribution in [2.45, 2.75) is 86.8 Å². The minimum absolute atomic E-state index is 0.0143. The zero-order valence-corrected chi connectivity index (χ0v) is 23.3. The molecule has 15 nitrogen and oxygen atoms in total. The van der Waals surface area contributed by atoms with E-state index in [-0.39, 0.29) is 35.3 Å². The molecule has 1 aliphatic carbocycles. The van der Waals surface area contributed by atoms with Gasteiger partial charge in [-0.1, -0.05) is 0 Å². The maximum Gasteiger partial charge on any atom is 0.229 e. The highest BCUT2D eigenvalue weighted by Gasteiger charge is 2.48. The summed E-state index contributed by atoms with van der Waals surface area (Å²) >= 11 is 0. The van der Waals surface area contributed by atoms with E-state index in [1.54, 1.807) is 12.1 Å². The van der Waals surface area contributed by atoms with Crippen LogP contribution in [0.25, 0.3) is 10.8 Å². The molecular formula is C28H36O15. The maximum absolute atomic E-state index is 12.9. The first-order chi connectivity index (χ1) is 20.3. The van der Waals surface area contributed by atoms with Gasteiger partial charge < -0.3 is 69.6 Å². The largest absolute Gasteiger partial charge is 0.506 e. The Kier molecular flexibility index (Phi) is 8.88. The van der Waals surface area contributed by atoms with Crippen molar-refractivity contribution in [3.8, 4) is 17.2 Å². The first kappa shape index (κ1) is 31.7. The summed E-state index contributed by atoms with van der Waals surface area (Å²) in [7, 11) is 1.38. The van der Waals surface area contributed by atoms with E-state index in [0.717, 1.165) is 0 Å². The SMILES string of the molecule is COc1cc(O[C@@H]2O[C@H](CO[C@H]3O[C@@H](CO)[C@H](O)[C@@H](O)[C@@H]3O)[C@@H](O)[C@H](O)[C@H]2O)c2c(O)c3c(cc2c1)C[C@@](C)(O)CC3=O. The summed E-state index contributed by atoms with van der Waals surface area (Å²) < 4.78 is 27.7. The predicted octanol–water partition coefficient (Wildman–Crippen LogP) is -2.56. The standard InChI is InChI=1S/C28H36O15/c1-28(38)6-11-3-10-4-12(39-2)5-14(18(10)21(33)17(11)13(30)7-28)41-27-25(37)23(35)20(32)16(43-27)9-40-26-24(36)22(34)19(31)15(8-29)42-26/h3-5,15-16,19-20,22-27,29,31-38H,6-9H2,1-2H3/t15-,16+,19-,20+,22+,23-,24-,25+,26-,27+,28+/m0/s1. The molecule has 43 heavy (non-hydrogen) atoms. The lowest BCUT2D eigenvalue weighted by Gasteiger charge is -2.42. The van der Waals surface area contributed by atoms with E-state index in [1.807, 2.05) is 0 Å². The Balaban J connectivity index is 1.42. The molecule has 0 bridgehead atoms. The van der Waals surface area contributed by atoms with Crippen LogP contribution in [0.5, 0.6) is 17.2 Å². The molecule has 3 aliphatic rings. The number of phenolic OH excluding ortho intramolecular Hbond substituents is 1. The molecule has 0 aromatic heterocycles. The van der Waals surface area contributed by atoms with Crippen molar-refractivity contribution < 1.29 is 74.4 Å². The average molecular weight is 613 g/mol. The summed E-state index contributed by atoms with van der Waals surface area (Å²) in [4.78, 5) is 12.9. The number of carbonyl (C=O) groups is 1. The van der Waals surface area contributed by atoms with Gasteiger partial charge in [-0.3, -0.25) is 4.79 Å². The number of aliphatic hydroxyl groups is 8. The number of rotatable bonds is 7. The van der Waals surface area contributed by atoms with Crippen LogP contribution in [0.2, 0.25) is 0 Å². The van der Waals surface area contributed by atoms with E-state index in [0.29, 0.717) is 10.9 Å². The Morgan fingerprint density at radius 2 is 1.51 bits per heavy atom. The smallest absolute Gasteiger partial charge is 0.229 e. The molecule has 0 radical (unpaired) electrons. The average Bonchev–Trinajstić information content (AvgIpc) is 2.95. The summed E-state index contributed by atoms with van der Waals surface area (Å²) in [5.41, 5.74) is -0.865. The number of benzene rings is 2. The Hall–Kier alpha value is -2.67. The lowest BCUT2D eigenvalue weighted by molar-refractivity contribution is -0.323. The summed E-state index contributed by atoms with van der Waals surface area (Å²) in [5, 5.41) is 93.6. The quantitative estimate of drug-likeness (QED) is 0.156. The van der Waals surface area contributed by atoms with E-state index in [4.69, 9.17) is 23.7 Å². The molecule has 9 N–H and O–H groups in total. The molecule has 15 heteroatoms. The molecule has 11 atom stereocenters. The minimum Gasteiger partial charge on any atom is -0.506 e. The molecular weight excluding hydrogens is 576 g/mol. The molecule has 2 aromatic carbocycles. The fourth-order valence-corrected chi connectivity index (χ4v) is 5.75. The van der Waals surface area contributed by atoms with Gasteiger partial charge in [0.25, 0.3) is 0 Å². The van der Waals surface area contributed by atoms with Crippen molar-refractivity contribution in [1.29, 1.82) is 0 Å². The highest BCUT2D eigenvalue weighted by atomic mass is 16.7. The van der Waals surface area contributed by atoms with E-state index >= 15 is 0 Å². The second kappa shape index (κ2) is 12.0. The van der Waals surface area contributed by atoms with Crippen LogP contribution in [-0.4, -0.2) is 139 Å². The number of Topliss-reactive ketones (excluding diaryl/α,β-unsaturated/α-hetero) is 1. The number of ether oxygens (including phenoxy) is 5. The van der Waals surface area contributed by atoms with Crippen molar-refractivity contribution in [3.63, 3.8) is 0 Å². The fraction of sp³-hybridized carbons (Fsp3) is 0.607. The molecule has 0 amide bonds. The number of aliphatic hydroxyl groups excluding tert-OH is 7. The van der Waals surface area contributed by atoms with E-state index < -0.39 is 91.8 Å². The molecule has 0 unspecified atom stereocenters. The Morgan fingerprint density at radius 1 is 0.884 bits per heavy atom. The van der Waals surface area contributed by atoms with Gasteiger partial charge in [0.1, 0.15) is 66.1 Å². The van der Waals surface area contributed by atoms with Gasteiger partial charge in [0.2, 0.25) is 6.29 Å². The van der Waals surface area contributed by atoms with Gasteiger partial charge in [-0.05, 0) is 30.0 Å². The number of carbonyl (C=O) groups excluding carboxylic acids is 1. The van der Waals surface area contributed by atoms with Crippen LogP contribution in [0.3, 0.4) is 0 Å². The first-order valence-electron chi connectivity index (χ1n) is 13.7. The number of fused-ring (bicyclic) bond motifs is 2. The first-order valence-corrected chi connectivity index (χ1v) is 13.7. The van der Waals surface area contributed by atoms with Crippen LogP contribution in [0, 0.1) is 0 Å². The second-order valence-corrected chi connectivity index (χ2v) is 11.4. The van der Waals surface area contributed by atoms with Gasteiger partial charge >= 0.3 is 0 Å². The summed E-state index contributed by atoms with van der Waals surface area (Å²) in [6.45, 7) is 0.262. The number of phenols is 1. The molecule has 0 saturated carbocycles. The lowest BCUT2D eigenvalue weighted by Crippen LogP contribution is -2.62. The summed E-state index contributed by atoms with van der Waals surface area (Å²) in [5.74, 6) is -0.727. The fourth-order valence-electron chi connectivity index (χ4n) is 5.75. The van der Waals surface area contributed by atoms with Gasteiger partial charge in [0.15, 0.2) is 12.1 Å². The van der Waals surface area contributed by atoms with Crippen LogP contribution in [0.15, 0.2) is 18.2 Å². The third-order valence-corrected chi connectivity index (χ3v) is 8.04. The monoisotopic (exact) mass is 612 g/mol. The number of aromatic hydroxyl groups is 1. The third-order valence-electron chi connectivity index (χ3n) is 8.04. The zero-order valence-electron chi connectivity index (χ0n) is 23.3. The number of ketones is 1. The maximum atomic E-state index is 12.9. The van der Waals surface area contributed by atoms with Crippen LogP contribution in [-0.2, 0) is 20.6 Å². The van der Waals surface area contributed by atoms with Crippen LogP contribution < -0.4 is 9.47 Å². The molecule has 2 aliphatic heterocycles. The number of hydrogen-bond donors (Lipinski definition) is 9. The van der Waals surface area contributed by atoms with Gasteiger partial charge in [-0.2, -0.15) is 0 Å². The third kappa shape index (κ3) is 5.91. The van der Waals surface area contributed by atoms with Crippen molar-refractivity contribution in [1.82, 2.24) is 0 Å². The molecule has 0 spiro atoms. The normalized spacial score (nSPS) is 38.1. The number of methoxy groups -OCH3 is 1. The highest BCUT2D eigenvalue weighted by molar-refractivity contribution is 6.09. The molecule has 2 saturated heterocycles. The van der Waals surface area contributed by atoms with E-state index in [2.05, 4.69) is 0 Å². The highest BCUT2D eigenvalue weighted by Crippen LogP contribution is 2.45. The predicted molar refractivity (Wildman–Crippen MR) is 142 cm³/mol. The molecule has 238 valence electrons. The number of hydrogen-bond acceptors (Lipinski definition) is 15. The van der Waals surface area contributed by atoms with Crippen LogP contribution in [0.1, 0.15) is 29.3 Å². The second-order valence-electron chi connectivity index (χ2n) is 11.4. The lowest BCUT2D eigenvalue weighted by atomic mass is 9.79. The molecule has 2 fully saturated rings. The zero-order chi connectivity index (χ0) is 31.4. The van der Waals surface area contributed by atoms with Crippen LogP contribution >= 0.6 is 0 Å². The van der Waals surface area contributed by atoms with Crippen molar-refractivity contribution in [3.05, 3.63) is 29.3 Å². The minimum atomic E-state index is -1.82. The van der Waals surface area contributed by atoms with Gasteiger partial charge in [-0.25, -0.2) is 0 Å². The van der Waals surface area contributed by atoms with Crippen molar-refractivity contribution in [2.24, 2.45) is 0 Å². The van der Waals surface area contributed by atoms with Crippen LogP contribution in [0.4, 0.5) is 0 Å². The topological polar surface area (TPSA) is 245 Å². The Bertz CT molecular complexity index is 1350. The van der Waals surface area contributed by atoms with Gasteiger partial charge in [-0.15, -0.1) is 0 Å². The van der Waals surface area contributed by atoms with Gasteiger partial charge in [0, 0.05) is 18.9 Å². The summed E-state index contributed by atoms with van der Waals surface area (Å²) in [6.07, 6.45) is -16.4. The van der Waals surface area contributed by atoms with E-state index in [9.17, 15) is 50.8 Å². The van der Waals surface area contributed by atoms with Crippen molar-refractivity contribution >= 4 is 16.6 Å². The van der Waals surface area contributed by atoms with Gasteiger partial charge in [0.05, 0.1) is 36.9 Å². The molecule has 2 aromatic rings. The molecule has 5 rings (SSSR count). The van der Waals surface area contributed by atoms with E-state index in [1.165, 1.54) is 20.1 Å². The Morgan fingerprint density at radius 3 is 2.16 bits per heavy atom. The summed E-state index contributed by atoms with van der Waals surface area (Å²) in [6, 6.07) is 4.55. The molecule has 2 heterocycles. The van der Waals surface area contributed by atoms with Crippen molar-refractivity contribution in [2.75, 3.05) is 20.3 Å².